The highest BCUT2D eigenvalue weighted by atomic mass is 32.1. The number of nitrogens with two attached hydrogens (primary N) is 1. The van der Waals surface area contributed by atoms with Crippen molar-refractivity contribution >= 4 is 44.6 Å². The zero-order valence-corrected chi connectivity index (χ0v) is 15.2. The van der Waals surface area contributed by atoms with Gasteiger partial charge in [0.25, 0.3) is 0 Å². The Labute approximate surface area is 148 Å². The Kier molecular flexibility index (Phi) is 3.77. The molecule has 124 valence electrons. The van der Waals surface area contributed by atoms with E-state index in [2.05, 4.69) is 18.7 Å². The van der Waals surface area contributed by atoms with E-state index in [4.69, 9.17) is 15.7 Å². The molecule has 1 aliphatic heterocycles. The third-order valence-corrected chi connectivity index (χ3v) is 6.57. The van der Waals surface area contributed by atoms with E-state index < -0.39 is 0 Å². The second-order valence-corrected chi connectivity index (χ2v) is 8.22. The van der Waals surface area contributed by atoms with Crippen molar-refractivity contribution in [1.82, 2.24) is 9.97 Å². The van der Waals surface area contributed by atoms with Crippen LogP contribution >= 0.6 is 22.7 Å². The van der Waals surface area contributed by atoms with Crippen LogP contribution in [-0.2, 0) is 4.79 Å². The number of carbonyl (C=O) groups is 1. The zero-order valence-electron chi connectivity index (χ0n) is 13.6. The van der Waals surface area contributed by atoms with Crippen molar-refractivity contribution in [3.63, 3.8) is 0 Å². The number of aryl methyl sites for hydroxylation is 2. The van der Waals surface area contributed by atoms with Crippen LogP contribution in [0, 0.1) is 13.8 Å². The largest absolute Gasteiger partial charge is 0.368 e. The van der Waals surface area contributed by atoms with Crippen molar-refractivity contribution < 1.29 is 4.79 Å². The summed E-state index contributed by atoms with van der Waals surface area (Å²) < 4.78 is 0. The third-order valence-electron chi connectivity index (χ3n) is 4.60. The molecule has 3 aromatic heterocycles. The number of carbonyl (C=O) groups excluding carboxylic acids is 1. The van der Waals surface area contributed by atoms with E-state index in [1.165, 1.54) is 10.4 Å². The fourth-order valence-corrected chi connectivity index (χ4v) is 4.95. The first-order valence-electron chi connectivity index (χ1n) is 7.94. The smallest absolute Gasteiger partial charge is 0.240 e. The molecule has 0 aliphatic carbocycles. The Morgan fingerprint density at radius 3 is 2.92 bits per heavy atom. The minimum absolute atomic E-state index is 0.276. The Bertz CT molecular complexity index is 916. The number of hydrogen-bond donors (Lipinski definition) is 1. The molecule has 1 amide bonds. The fourth-order valence-electron chi connectivity index (χ4n) is 3.27. The lowest BCUT2D eigenvalue weighted by molar-refractivity contribution is -0.119. The standard InChI is InChI=1S/C17H18N4OS2/c1-9-10(2)24-17-13(9)16(21-7-3-5-11(21)14(18)22)19-15(20-17)12-6-4-8-23-12/h4,6,8,11H,3,5,7H2,1-2H3,(H2,18,22)/t11-/m1/s1. The number of aromatic nitrogens is 2. The van der Waals surface area contributed by atoms with Crippen molar-refractivity contribution in [3.05, 3.63) is 28.0 Å². The molecule has 7 heteroatoms. The molecular weight excluding hydrogens is 340 g/mol. The molecule has 5 nitrogen and oxygen atoms in total. The number of thiophene rings is 2. The van der Waals surface area contributed by atoms with Gasteiger partial charge in [0.2, 0.25) is 5.91 Å². The molecule has 4 heterocycles. The summed E-state index contributed by atoms with van der Waals surface area (Å²) in [6, 6.07) is 3.75. The lowest BCUT2D eigenvalue weighted by Gasteiger charge is -2.24. The first-order chi connectivity index (χ1) is 11.6. The normalized spacial score (nSPS) is 17.8. The van der Waals surface area contributed by atoms with E-state index in [0.717, 1.165) is 46.1 Å². The molecule has 2 N–H and O–H groups in total. The second kappa shape index (κ2) is 5.82. The molecule has 1 atom stereocenters. The maximum Gasteiger partial charge on any atom is 0.240 e. The van der Waals surface area contributed by atoms with Crippen molar-refractivity contribution in [2.45, 2.75) is 32.7 Å². The topological polar surface area (TPSA) is 72.1 Å². The van der Waals surface area contributed by atoms with Gasteiger partial charge >= 0.3 is 0 Å². The van der Waals surface area contributed by atoms with Crippen LogP contribution in [0.5, 0.6) is 0 Å². The predicted molar refractivity (Wildman–Crippen MR) is 99.8 cm³/mol. The van der Waals surface area contributed by atoms with Crippen molar-refractivity contribution in [2.24, 2.45) is 5.73 Å². The number of nitrogens with zero attached hydrogens (tertiary/aromatic N) is 3. The first-order valence-corrected chi connectivity index (χ1v) is 9.63. The predicted octanol–water partition coefficient (Wildman–Crippen LogP) is 3.49. The lowest BCUT2D eigenvalue weighted by Crippen LogP contribution is -2.40. The van der Waals surface area contributed by atoms with E-state index in [1.807, 2.05) is 17.5 Å². The number of hydrogen-bond acceptors (Lipinski definition) is 6. The number of primary amides is 1. The number of amides is 1. The Balaban J connectivity index is 1.96. The molecule has 1 aliphatic rings. The molecule has 24 heavy (non-hydrogen) atoms. The summed E-state index contributed by atoms with van der Waals surface area (Å²) in [6.45, 7) is 5.00. The van der Waals surface area contributed by atoms with Gasteiger partial charge in [0, 0.05) is 11.4 Å². The van der Waals surface area contributed by atoms with Crippen LogP contribution in [0.1, 0.15) is 23.3 Å². The molecule has 0 saturated carbocycles. The molecule has 1 fully saturated rings. The van der Waals surface area contributed by atoms with Gasteiger partial charge in [0.05, 0.1) is 10.3 Å². The monoisotopic (exact) mass is 358 g/mol. The fraction of sp³-hybridized carbons (Fsp3) is 0.353. The van der Waals surface area contributed by atoms with Crippen LogP contribution in [0.3, 0.4) is 0 Å². The van der Waals surface area contributed by atoms with Crippen molar-refractivity contribution in [3.8, 4) is 10.7 Å². The summed E-state index contributed by atoms with van der Waals surface area (Å²) >= 11 is 3.31. The van der Waals surface area contributed by atoms with Crippen molar-refractivity contribution in [1.29, 1.82) is 0 Å². The molecule has 0 spiro atoms. The molecule has 3 aromatic rings. The van der Waals surface area contributed by atoms with Crippen molar-refractivity contribution in [2.75, 3.05) is 11.4 Å². The number of fused-ring (bicyclic) bond motifs is 1. The third kappa shape index (κ3) is 2.39. The summed E-state index contributed by atoms with van der Waals surface area (Å²) in [7, 11) is 0. The van der Waals surface area contributed by atoms with E-state index >= 15 is 0 Å². The summed E-state index contributed by atoms with van der Waals surface area (Å²) in [4.78, 5) is 26.8. The highest BCUT2D eigenvalue weighted by Crippen LogP contribution is 2.39. The average Bonchev–Trinajstić information content (AvgIpc) is 3.28. The van der Waals surface area contributed by atoms with E-state index in [0.29, 0.717) is 0 Å². The van der Waals surface area contributed by atoms with Gasteiger partial charge in [-0.2, -0.15) is 0 Å². The minimum atomic E-state index is -0.279. The van der Waals surface area contributed by atoms with Gasteiger partial charge in [-0.05, 0) is 43.7 Å². The maximum atomic E-state index is 11.9. The first kappa shape index (κ1) is 15.5. The van der Waals surface area contributed by atoms with Gasteiger partial charge in [-0.3, -0.25) is 4.79 Å². The number of rotatable bonds is 3. The number of anilines is 1. The van der Waals surface area contributed by atoms with Crippen LogP contribution in [0.2, 0.25) is 0 Å². The quantitative estimate of drug-likeness (QED) is 0.778. The van der Waals surface area contributed by atoms with Crippen LogP contribution < -0.4 is 10.6 Å². The minimum Gasteiger partial charge on any atom is -0.368 e. The zero-order chi connectivity index (χ0) is 16.8. The molecular formula is C17H18N4OS2. The van der Waals surface area contributed by atoms with E-state index in [1.54, 1.807) is 22.7 Å². The Morgan fingerprint density at radius 2 is 2.21 bits per heavy atom. The second-order valence-electron chi connectivity index (χ2n) is 6.07. The molecule has 0 unspecified atom stereocenters. The summed E-state index contributed by atoms with van der Waals surface area (Å²) in [5, 5.41) is 3.08. The van der Waals surface area contributed by atoms with Crippen LogP contribution in [0.25, 0.3) is 20.9 Å². The lowest BCUT2D eigenvalue weighted by atomic mass is 10.1. The van der Waals surface area contributed by atoms with Gasteiger partial charge in [-0.1, -0.05) is 6.07 Å². The Hall–Kier alpha value is -1.99. The molecule has 0 radical (unpaired) electrons. The van der Waals surface area contributed by atoms with E-state index in [9.17, 15) is 4.79 Å². The van der Waals surface area contributed by atoms with Gasteiger partial charge < -0.3 is 10.6 Å². The highest BCUT2D eigenvalue weighted by molar-refractivity contribution is 7.19. The van der Waals surface area contributed by atoms with E-state index in [-0.39, 0.29) is 11.9 Å². The van der Waals surface area contributed by atoms with Gasteiger partial charge in [0.15, 0.2) is 5.82 Å². The summed E-state index contributed by atoms with van der Waals surface area (Å²) in [5.74, 6) is 1.30. The molecule has 0 aromatic carbocycles. The maximum absolute atomic E-state index is 11.9. The molecule has 4 rings (SSSR count). The SMILES string of the molecule is Cc1sc2nc(-c3cccs3)nc(N3CCC[C@@H]3C(N)=O)c2c1C. The summed E-state index contributed by atoms with van der Waals surface area (Å²) in [5.41, 5.74) is 6.82. The van der Waals surface area contributed by atoms with Crippen LogP contribution in [-0.4, -0.2) is 28.5 Å². The summed E-state index contributed by atoms with van der Waals surface area (Å²) in [6.07, 6.45) is 1.74. The molecule has 1 saturated heterocycles. The highest BCUT2D eigenvalue weighted by Gasteiger charge is 2.32. The van der Waals surface area contributed by atoms with Crippen LogP contribution in [0.4, 0.5) is 5.82 Å². The average molecular weight is 358 g/mol. The van der Waals surface area contributed by atoms with Crippen LogP contribution in [0.15, 0.2) is 17.5 Å². The molecule has 0 bridgehead atoms. The Morgan fingerprint density at radius 1 is 1.38 bits per heavy atom. The van der Waals surface area contributed by atoms with Gasteiger partial charge in [0.1, 0.15) is 16.7 Å². The van der Waals surface area contributed by atoms with Gasteiger partial charge in [-0.25, -0.2) is 9.97 Å². The van der Waals surface area contributed by atoms with Gasteiger partial charge in [-0.15, -0.1) is 22.7 Å².